The molecule has 2 aliphatic heterocycles. The summed E-state index contributed by atoms with van der Waals surface area (Å²) < 4.78 is 37.5. The number of aromatic nitrogens is 1. The lowest BCUT2D eigenvalue weighted by atomic mass is 10.2. The first-order chi connectivity index (χ1) is 16.4. The van der Waals surface area contributed by atoms with Crippen molar-refractivity contribution in [1.29, 1.82) is 0 Å². The van der Waals surface area contributed by atoms with Crippen molar-refractivity contribution < 1.29 is 22.7 Å². The van der Waals surface area contributed by atoms with Crippen molar-refractivity contribution >= 4 is 27.4 Å². The molecule has 1 amide bonds. The number of rotatable bonds is 7. The molecule has 184 valence electrons. The van der Waals surface area contributed by atoms with Gasteiger partial charge in [-0.25, -0.2) is 13.4 Å². The van der Waals surface area contributed by atoms with Crippen molar-refractivity contribution in [2.24, 2.45) is 0 Å². The number of sulfonamides is 1. The summed E-state index contributed by atoms with van der Waals surface area (Å²) in [6.45, 7) is 6.21. The molecule has 1 unspecified atom stereocenters. The molecule has 0 bridgehead atoms. The van der Waals surface area contributed by atoms with Crippen LogP contribution in [0.25, 0.3) is 0 Å². The summed E-state index contributed by atoms with van der Waals surface area (Å²) in [5.74, 6) is 1.35. The van der Waals surface area contributed by atoms with Crippen LogP contribution in [-0.4, -0.2) is 94.1 Å². The number of hydrogen-bond donors (Lipinski definition) is 1. The summed E-state index contributed by atoms with van der Waals surface area (Å²) in [6, 6.07) is 10.4. The molecule has 2 aromatic rings. The van der Waals surface area contributed by atoms with Crippen LogP contribution in [-0.2, 0) is 19.6 Å². The number of hydrogen-bond acceptors (Lipinski definition) is 8. The largest absolute Gasteiger partial charge is 0.497 e. The van der Waals surface area contributed by atoms with E-state index in [1.54, 1.807) is 25.3 Å². The number of anilines is 2. The quantitative estimate of drug-likeness (QED) is 0.620. The van der Waals surface area contributed by atoms with Gasteiger partial charge in [0.25, 0.3) is 0 Å². The molecule has 0 saturated carbocycles. The van der Waals surface area contributed by atoms with E-state index in [-0.39, 0.29) is 16.8 Å². The van der Waals surface area contributed by atoms with Gasteiger partial charge in [-0.2, -0.15) is 4.31 Å². The van der Waals surface area contributed by atoms with E-state index in [0.29, 0.717) is 63.9 Å². The smallest absolute Gasteiger partial charge is 0.244 e. The summed E-state index contributed by atoms with van der Waals surface area (Å²) in [6.07, 6.45) is 1.43. The van der Waals surface area contributed by atoms with Gasteiger partial charge in [-0.1, -0.05) is 6.07 Å². The van der Waals surface area contributed by atoms with Crippen LogP contribution in [0.4, 0.5) is 11.5 Å². The minimum absolute atomic E-state index is 0.0718. The van der Waals surface area contributed by atoms with Gasteiger partial charge in [0.15, 0.2) is 0 Å². The van der Waals surface area contributed by atoms with Gasteiger partial charge in [-0.05, 0) is 31.2 Å². The highest BCUT2D eigenvalue weighted by Gasteiger charge is 2.28. The van der Waals surface area contributed by atoms with Crippen LogP contribution in [0.2, 0.25) is 0 Å². The number of nitrogens with zero attached hydrogens (tertiary/aromatic N) is 4. The lowest BCUT2D eigenvalue weighted by molar-refractivity contribution is -0.120. The van der Waals surface area contributed by atoms with Gasteiger partial charge in [-0.3, -0.25) is 9.69 Å². The molecule has 2 aliphatic rings. The predicted molar refractivity (Wildman–Crippen MR) is 129 cm³/mol. The summed E-state index contributed by atoms with van der Waals surface area (Å²) in [5.41, 5.74) is 0.700. The molecule has 34 heavy (non-hydrogen) atoms. The van der Waals surface area contributed by atoms with E-state index in [1.807, 2.05) is 25.1 Å². The fourth-order valence-corrected chi connectivity index (χ4v) is 5.45. The molecule has 1 aromatic carbocycles. The second-order valence-electron chi connectivity index (χ2n) is 8.29. The van der Waals surface area contributed by atoms with Crippen LogP contribution in [0.3, 0.4) is 0 Å². The Balaban J connectivity index is 1.32. The Labute approximate surface area is 200 Å². The molecule has 0 radical (unpaired) electrons. The van der Waals surface area contributed by atoms with Crippen molar-refractivity contribution in [3.8, 4) is 5.75 Å². The molecule has 1 atom stereocenters. The third-order valence-corrected chi connectivity index (χ3v) is 8.11. The first-order valence-electron chi connectivity index (χ1n) is 11.4. The SMILES string of the molecule is COc1cccc(NC(=O)C(C)N2CCN(c3ccc(S(=O)(=O)N4CCOCC4)cn3)CC2)c1. The van der Waals surface area contributed by atoms with E-state index in [9.17, 15) is 13.2 Å². The Morgan fingerprint density at radius 3 is 2.47 bits per heavy atom. The number of morpholine rings is 1. The van der Waals surface area contributed by atoms with Crippen molar-refractivity contribution in [2.75, 3.05) is 69.8 Å². The maximum Gasteiger partial charge on any atom is 0.244 e. The van der Waals surface area contributed by atoms with E-state index < -0.39 is 10.0 Å². The van der Waals surface area contributed by atoms with Gasteiger partial charge in [0, 0.05) is 57.2 Å². The zero-order valence-corrected chi connectivity index (χ0v) is 20.3. The van der Waals surface area contributed by atoms with E-state index in [0.717, 1.165) is 5.82 Å². The number of carbonyl (C=O) groups excluding carboxylic acids is 1. The molecule has 4 rings (SSSR count). The normalized spacial score (nSPS) is 18.9. The molecule has 10 nitrogen and oxygen atoms in total. The van der Waals surface area contributed by atoms with Gasteiger partial charge in [-0.15, -0.1) is 0 Å². The van der Waals surface area contributed by atoms with E-state index in [2.05, 4.69) is 20.1 Å². The topological polar surface area (TPSA) is 104 Å². The minimum atomic E-state index is -3.56. The van der Waals surface area contributed by atoms with Crippen LogP contribution >= 0.6 is 0 Å². The van der Waals surface area contributed by atoms with E-state index in [4.69, 9.17) is 9.47 Å². The molecule has 0 aliphatic carbocycles. The standard InChI is InChI=1S/C23H31N5O5S/c1-18(23(29)25-19-4-3-5-20(16-19)32-2)26-8-10-27(11-9-26)22-7-6-21(17-24-22)34(30,31)28-12-14-33-15-13-28/h3-7,16-18H,8-15H2,1-2H3,(H,25,29). The van der Waals surface area contributed by atoms with Crippen LogP contribution in [0.5, 0.6) is 5.75 Å². The highest BCUT2D eigenvalue weighted by Crippen LogP contribution is 2.21. The van der Waals surface area contributed by atoms with Gasteiger partial charge < -0.3 is 19.7 Å². The summed E-state index contributed by atoms with van der Waals surface area (Å²) in [7, 11) is -1.97. The molecule has 2 fully saturated rings. The number of carbonyl (C=O) groups is 1. The Hall–Kier alpha value is -2.73. The minimum Gasteiger partial charge on any atom is -0.497 e. The Bertz CT molecular complexity index is 1080. The monoisotopic (exact) mass is 489 g/mol. The lowest BCUT2D eigenvalue weighted by Gasteiger charge is -2.38. The van der Waals surface area contributed by atoms with Crippen molar-refractivity contribution in [1.82, 2.24) is 14.2 Å². The van der Waals surface area contributed by atoms with Crippen LogP contribution < -0.4 is 15.0 Å². The van der Waals surface area contributed by atoms with Crippen molar-refractivity contribution in [2.45, 2.75) is 17.9 Å². The molecular weight excluding hydrogens is 458 g/mol. The number of benzene rings is 1. The molecule has 11 heteroatoms. The third kappa shape index (κ3) is 5.49. The van der Waals surface area contributed by atoms with Crippen molar-refractivity contribution in [3.05, 3.63) is 42.6 Å². The number of nitrogens with one attached hydrogen (secondary N) is 1. The highest BCUT2D eigenvalue weighted by atomic mass is 32.2. The molecule has 0 spiro atoms. The highest BCUT2D eigenvalue weighted by molar-refractivity contribution is 7.89. The molecular formula is C23H31N5O5S. The lowest BCUT2D eigenvalue weighted by Crippen LogP contribution is -2.53. The maximum absolute atomic E-state index is 12.8. The third-order valence-electron chi connectivity index (χ3n) is 6.23. The number of piperazine rings is 1. The van der Waals surface area contributed by atoms with Gasteiger partial charge in [0.1, 0.15) is 16.5 Å². The zero-order valence-electron chi connectivity index (χ0n) is 19.5. The Morgan fingerprint density at radius 1 is 1.09 bits per heavy atom. The Kier molecular flexibility index (Phi) is 7.67. The first kappa shape index (κ1) is 24.4. The number of ether oxygens (including phenoxy) is 2. The number of pyridine rings is 1. The van der Waals surface area contributed by atoms with Gasteiger partial charge in [0.05, 0.1) is 26.4 Å². The van der Waals surface area contributed by atoms with E-state index in [1.165, 1.54) is 10.5 Å². The fraction of sp³-hybridized carbons (Fsp3) is 0.478. The predicted octanol–water partition coefficient (Wildman–Crippen LogP) is 1.26. The average molecular weight is 490 g/mol. The summed E-state index contributed by atoms with van der Waals surface area (Å²) >= 11 is 0. The average Bonchev–Trinajstić information content (AvgIpc) is 2.89. The molecule has 2 saturated heterocycles. The zero-order chi connectivity index (χ0) is 24.1. The molecule has 1 aromatic heterocycles. The van der Waals surface area contributed by atoms with E-state index >= 15 is 0 Å². The first-order valence-corrected chi connectivity index (χ1v) is 12.8. The fourth-order valence-electron chi connectivity index (χ4n) is 4.10. The van der Waals surface area contributed by atoms with Gasteiger partial charge in [0.2, 0.25) is 15.9 Å². The second kappa shape index (κ2) is 10.7. The molecule has 1 N–H and O–H groups in total. The summed E-state index contributed by atoms with van der Waals surface area (Å²) in [4.78, 5) is 21.6. The van der Waals surface area contributed by atoms with Gasteiger partial charge >= 0.3 is 0 Å². The second-order valence-corrected chi connectivity index (χ2v) is 10.2. The van der Waals surface area contributed by atoms with Crippen LogP contribution in [0.15, 0.2) is 47.5 Å². The van der Waals surface area contributed by atoms with Crippen molar-refractivity contribution in [3.63, 3.8) is 0 Å². The number of amides is 1. The van der Waals surface area contributed by atoms with Crippen LogP contribution in [0.1, 0.15) is 6.92 Å². The summed E-state index contributed by atoms with van der Waals surface area (Å²) in [5, 5.41) is 2.95. The van der Waals surface area contributed by atoms with Crippen LogP contribution in [0, 0.1) is 0 Å². The maximum atomic E-state index is 12.8. The molecule has 3 heterocycles. The Morgan fingerprint density at radius 2 is 1.82 bits per heavy atom. The number of methoxy groups -OCH3 is 1.